The van der Waals surface area contributed by atoms with Crippen LogP contribution in [-0.4, -0.2) is 86.5 Å². The fourth-order valence-electron chi connectivity index (χ4n) is 1.82. The maximum absolute atomic E-state index is 13.4. The Bertz CT molecular complexity index is 1040. The lowest BCUT2D eigenvalue weighted by molar-refractivity contribution is -0.569. The third-order valence-corrected chi connectivity index (χ3v) is 3.91. The molecule has 0 aliphatic rings. The first-order valence-corrected chi connectivity index (χ1v) is 10.0. The number of hydrogen-bond acceptors (Lipinski definition) is 7. The van der Waals surface area contributed by atoms with Crippen LogP contribution >= 0.6 is 0 Å². The summed E-state index contributed by atoms with van der Waals surface area (Å²) in [6, 6.07) is 0. The maximum atomic E-state index is 13.4. The second kappa shape index (κ2) is 12.8. The van der Waals surface area contributed by atoms with Crippen LogP contribution in [0.1, 0.15) is 6.92 Å². The average Bonchev–Trinajstić information content (AvgIpc) is 2.77. The number of rotatable bonds is 16. The van der Waals surface area contributed by atoms with Crippen molar-refractivity contribution in [2.45, 2.75) is 61.6 Å². The second-order valence-electron chi connectivity index (χ2n) is 7.59. The van der Waals surface area contributed by atoms with Crippen molar-refractivity contribution in [3.05, 3.63) is 12.2 Å². The van der Waals surface area contributed by atoms with Crippen molar-refractivity contribution in [3.8, 4) is 0 Å². The molecule has 0 saturated heterocycles. The standard InChI is InChI=1S/C17H12F19NO7/c1-6(2)7(38)40-4-3-37-8(39)41-5-9(18,19)42-14(29,30)15(31,32)44-17(35,36)16(33,34)43-13(27,28)11(22,23)10(20,21)12(24,25)26/h1,3-5H2,2H3,(H,37,39). The summed E-state index contributed by atoms with van der Waals surface area (Å²) in [7, 11) is 0. The molecule has 0 radical (unpaired) electrons. The summed E-state index contributed by atoms with van der Waals surface area (Å²) in [5.74, 6) is -17.3. The summed E-state index contributed by atoms with van der Waals surface area (Å²) in [6.07, 6.45) is -54.4. The van der Waals surface area contributed by atoms with E-state index in [1.165, 1.54) is 21.7 Å². The zero-order valence-electron chi connectivity index (χ0n) is 20.4. The summed E-state index contributed by atoms with van der Waals surface area (Å²) in [5, 5.41) is 1.50. The van der Waals surface area contributed by atoms with Crippen LogP contribution in [0.25, 0.3) is 0 Å². The first-order valence-electron chi connectivity index (χ1n) is 10.0. The Hall–Kier alpha value is -2.97. The number of alkyl carbamates (subject to hydrolysis) is 1. The number of carbonyl (C=O) groups excluding carboxylic acids is 2. The van der Waals surface area contributed by atoms with Gasteiger partial charge in [0, 0.05) is 5.57 Å². The summed E-state index contributed by atoms with van der Waals surface area (Å²) in [4.78, 5) is 22.2. The summed E-state index contributed by atoms with van der Waals surface area (Å²) < 4.78 is 260. The zero-order valence-corrected chi connectivity index (χ0v) is 20.4. The molecule has 0 atom stereocenters. The van der Waals surface area contributed by atoms with Gasteiger partial charge in [-0.1, -0.05) is 6.58 Å². The van der Waals surface area contributed by atoms with Crippen molar-refractivity contribution in [2.24, 2.45) is 0 Å². The van der Waals surface area contributed by atoms with Gasteiger partial charge in [-0.3, -0.25) is 0 Å². The molecule has 0 fully saturated rings. The van der Waals surface area contributed by atoms with Crippen molar-refractivity contribution >= 4 is 12.1 Å². The number of alkyl halides is 19. The van der Waals surface area contributed by atoms with Gasteiger partial charge in [-0.05, 0) is 6.92 Å². The third kappa shape index (κ3) is 9.51. The number of amides is 1. The molecule has 0 aliphatic heterocycles. The number of carbonyl (C=O) groups is 2. The van der Waals surface area contributed by atoms with E-state index in [1.54, 1.807) is 0 Å². The highest BCUT2D eigenvalue weighted by molar-refractivity contribution is 5.86. The Morgan fingerprint density at radius 3 is 1.36 bits per heavy atom. The molecule has 0 unspecified atom stereocenters. The van der Waals surface area contributed by atoms with Gasteiger partial charge in [-0.2, -0.15) is 83.4 Å². The Balaban J connectivity index is 5.62. The van der Waals surface area contributed by atoms with Crippen LogP contribution in [0, 0.1) is 0 Å². The van der Waals surface area contributed by atoms with Gasteiger partial charge in [0.2, 0.25) is 0 Å². The van der Waals surface area contributed by atoms with Crippen LogP contribution in [0.15, 0.2) is 12.2 Å². The van der Waals surface area contributed by atoms with Crippen molar-refractivity contribution in [2.75, 3.05) is 19.8 Å². The van der Waals surface area contributed by atoms with Crippen molar-refractivity contribution in [1.82, 2.24) is 5.32 Å². The van der Waals surface area contributed by atoms with Crippen LogP contribution < -0.4 is 5.32 Å². The largest absolute Gasteiger partial charge is 0.460 e. The molecule has 0 aromatic rings. The zero-order chi connectivity index (χ0) is 35.6. The summed E-state index contributed by atoms with van der Waals surface area (Å²) in [5.41, 5.74) is -0.148. The highest BCUT2D eigenvalue weighted by Crippen LogP contribution is 2.56. The van der Waals surface area contributed by atoms with Gasteiger partial charge in [0.25, 0.3) is 0 Å². The highest BCUT2D eigenvalue weighted by atomic mass is 19.4. The fraction of sp³-hybridized carbons (Fsp3) is 0.765. The molecule has 0 aliphatic carbocycles. The topological polar surface area (TPSA) is 92.3 Å². The quantitative estimate of drug-likeness (QED) is 0.0878. The van der Waals surface area contributed by atoms with Gasteiger partial charge >= 0.3 is 66.7 Å². The van der Waals surface area contributed by atoms with Gasteiger partial charge in [0.05, 0.1) is 6.54 Å². The molecule has 0 rings (SSSR count). The highest BCUT2D eigenvalue weighted by Gasteiger charge is 2.85. The Kier molecular flexibility index (Phi) is 11.9. The molecule has 44 heavy (non-hydrogen) atoms. The average molecular weight is 703 g/mol. The van der Waals surface area contributed by atoms with Gasteiger partial charge in [-0.25, -0.2) is 23.8 Å². The first-order chi connectivity index (χ1) is 19.1. The van der Waals surface area contributed by atoms with Gasteiger partial charge in [-0.15, -0.1) is 0 Å². The SMILES string of the molecule is C=C(C)C(=O)OCCNC(=O)OCC(F)(F)OC(F)(F)C(F)(F)OC(F)(F)C(F)(F)OC(F)(F)C(F)(F)C(F)(F)C(F)(F)F. The normalized spacial score (nSPS) is 14.7. The van der Waals surface area contributed by atoms with E-state index in [0.29, 0.717) is 0 Å². The molecular formula is C17H12F19NO7. The number of halogens is 19. The number of ether oxygens (including phenoxy) is 5. The van der Waals surface area contributed by atoms with Crippen LogP contribution in [0.3, 0.4) is 0 Å². The fourth-order valence-corrected chi connectivity index (χ4v) is 1.82. The molecule has 0 aromatic heterocycles. The Labute approximate surface area is 228 Å². The first kappa shape index (κ1) is 41.0. The van der Waals surface area contributed by atoms with E-state index in [9.17, 15) is 93.0 Å². The number of esters is 1. The van der Waals surface area contributed by atoms with Crippen LogP contribution in [-0.2, 0) is 28.5 Å². The third-order valence-electron chi connectivity index (χ3n) is 3.91. The van der Waals surface area contributed by atoms with Crippen LogP contribution in [0.4, 0.5) is 88.2 Å². The summed E-state index contributed by atoms with van der Waals surface area (Å²) >= 11 is 0. The van der Waals surface area contributed by atoms with E-state index in [0.717, 1.165) is 0 Å². The van der Waals surface area contributed by atoms with Crippen LogP contribution in [0.2, 0.25) is 0 Å². The molecule has 260 valence electrons. The molecule has 0 bridgehead atoms. The molecular weight excluding hydrogens is 691 g/mol. The van der Waals surface area contributed by atoms with E-state index in [2.05, 4.69) is 20.8 Å². The molecule has 1 N–H and O–H groups in total. The van der Waals surface area contributed by atoms with Crippen molar-refractivity contribution in [1.29, 1.82) is 0 Å². The second-order valence-corrected chi connectivity index (χ2v) is 7.59. The molecule has 27 heteroatoms. The molecule has 0 heterocycles. The Morgan fingerprint density at radius 1 is 0.591 bits per heavy atom. The molecule has 1 amide bonds. The minimum atomic E-state index is -8.23. The molecule has 0 aromatic carbocycles. The smallest absolute Gasteiger partial charge is 0.460 e. The lowest BCUT2D eigenvalue weighted by atomic mass is 10.1. The predicted octanol–water partition coefficient (Wildman–Crippen LogP) is 6.27. The predicted molar refractivity (Wildman–Crippen MR) is 94.0 cm³/mol. The van der Waals surface area contributed by atoms with Crippen molar-refractivity contribution in [3.63, 3.8) is 0 Å². The maximum Gasteiger partial charge on any atom is 0.460 e. The van der Waals surface area contributed by atoms with Crippen LogP contribution in [0.5, 0.6) is 0 Å². The summed E-state index contributed by atoms with van der Waals surface area (Å²) in [6.45, 7) is 0.0555. The number of hydrogen-bond donors (Lipinski definition) is 1. The van der Waals surface area contributed by atoms with E-state index in [-0.39, 0.29) is 5.57 Å². The lowest BCUT2D eigenvalue weighted by Crippen LogP contribution is -2.65. The minimum absolute atomic E-state index is 0.148. The lowest BCUT2D eigenvalue weighted by Gasteiger charge is -2.37. The van der Waals surface area contributed by atoms with Gasteiger partial charge < -0.3 is 14.8 Å². The van der Waals surface area contributed by atoms with E-state index in [4.69, 9.17) is 0 Å². The van der Waals surface area contributed by atoms with E-state index < -0.39 is 86.5 Å². The monoisotopic (exact) mass is 703 g/mol. The molecule has 8 nitrogen and oxygen atoms in total. The Morgan fingerprint density at radius 2 is 0.977 bits per heavy atom. The molecule has 0 spiro atoms. The van der Waals surface area contributed by atoms with Crippen molar-refractivity contribution < 1.29 is 117 Å². The molecule has 0 saturated carbocycles. The van der Waals surface area contributed by atoms with E-state index in [1.807, 2.05) is 0 Å². The van der Waals surface area contributed by atoms with Gasteiger partial charge in [0.1, 0.15) is 6.61 Å². The number of nitrogens with one attached hydrogen (secondary N) is 1. The van der Waals surface area contributed by atoms with E-state index >= 15 is 0 Å². The van der Waals surface area contributed by atoms with Gasteiger partial charge in [0.15, 0.2) is 6.61 Å². The minimum Gasteiger partial charge on any atom is -0.460 e.